The number of benzene rings is 1. The van der Waals surface area contributed by atoms with E-state index in [1.54, 1.807) is 0 Å². The van der Waals surface area contributed by atoms with Crippen LogP contribution >= 0.6 is 0 Å². The van der Waals surface area contributed by atoms with Gasteiger partial charge in [0.15, 0.2) is 0 Å². The lowest BCUT2D eigenvalue weighted by Crippen LogP contribution is -2.45. The minimum absolute atomic E-state index is 0. The summed E-state index contributed by atoms with van der Waals surface area (Å²) in [7, 11) is 0. The molecular weight excluding hydrogens is 428 g/mol. The van der Waals surface area contributed by atoms with E-state index in [2.05, 4.69) is 39.8 Å². The van der Waals surface area contributed by atoms with Crippen LogP contribution in [0.15, 0.2) is 23.8 Å². The Bertz CT molecular complexity index is 614. The van der Waals surface area contributed by atoms with Crippen LogP contribution in [0.5, 0.6) is 11.5 Å². The Kier molecular flexibility index (Phi) is 47.0. The Morgan fingerprint density at radius 3 is 1.86 bits per heavy atom. The summed E-state index contributed by atoms with van der Waals surface area (Å²) in [6.07, 6.45) is 9.26. The average Bonchev–Trinajstić information content (AvgIpc) is 2.46. The molecule has 0 fully saturated rings. The van der Waals surface area contributed by atoms with E-state index in [4.69, 9.17) is 4.74 Å². The first-order valence-corrected chi connectivity index (χ1v) is 9.14. The Hall–Kier alpha value is -1.44. The van der Waals surface area contributed by atoms with Gasteiger partial charge in [-0.2, -0.15) is 0 Å². The standard InChI is InChI=1S/C21H30O2.12CH4/c1-5-6-7-8-15-12-18(22)20-16-11-14(2)9-10-17(16)21(3,4)23-19(20)13-15;;;;;;;;;;;;/h11-13,16-17,22H,5-10H2,1-4H3;12*1H4/t16-,17-;;;;;;;;;;;;/m1............/s1. The Labute approximate surface area is 229 Å². The third-order valence-electron chi connectivity index (χ3n) is 5.60. The fourth-order valence-corrected chi connectivity index (χ4v) is 4.30. The number of phenols is 1. The summed E-state index contributed by atoms with van der Waals surface area (Å²) in [5, 5.41) is 10.7. The first-order chi connectivity index (χ1) is 10.9. The smallest absolute Gasteiger partial charge is 0.127 e. The highest BCUT2D eigenvalue weighted by atomic mass is 16.5. The molecule has 0 spiro atoms. The second-order valence-electron chi connectivity index (χ2n) is 7.87. The van der Waals surface area contributed by atoms with Crippen molar-refractivity contribution in [2.24, 2.45) is 5.92 Å². The molecule has 1 heterocycles. The number of fused-ring (bicyclic) bond motifs is 3. The molecule has 1 aliphatic carbocycles. The van der Waals surface area contributed by atoms with Crippen LogP contribution in [-0.2, 0) is 6.42 Å². The molecule has 1 N–H and O–H groups in total. The van der Waals surface area contributed by atoms with E-state index in [1.165, 1.54) is 30.4 Å². The molecule has 0 radical (unpaired) electrons. The number of hydrogen-bond donors (Lipinski definition) is 1. The fraction of sp³-hybridized carbons (Fsp3) is 0.758. The normalized spacial score (nSPS) is 16.5. The molecule has 2 heteroatoms. The van der Waals surface area contributed by atoms with E-state index in [1.807, 2.05) is 6.07 Å². The van der Waals surface area contributed by atoms with Crippen molar-refractivity contribution >= 4 is 0 Å². The number of unbranched alkanes of at least 4 members (excludes halogenated alkanes) is 2. The summed E-state index contributed by atoms with van der Waals surface area (Å²) in [4.78, 5) is 0. The molecule has 2 nitrogen and oxygen atoms in total. The summed E-state index contributed by atoms with van der Waals surface area (Å²) < 4.78 is 6.36. The van der Waals surface area contributed by atoms with Crippen molar-refractivity contribution in [1.29, 1.82) is 0 Å². The number of rotatable bonds is 4. The van der Waals surface area contributed by atoms with Gasteiger partial charge in [-0.25, -0.2) is 0 Å². The average molecular weight is 507 g/mol. The van der Waals surface area contributed by atoms with Gasteiger partial charge in [0.05, 0.1) is 0 Å². The topological polar surface area (TPSA) is 29.5 Å². The zero-order valence-electron chi connectivity index (χ0n) is 15.0. The van der Waals surface area contributed by atoms with Crippen LogP contribution in [0.25, 0.3) is 0 Å². The van der Waals surface area contributed by atoms with Gasteiger partial charge in [-0.1, -0.05) is 121 Å². The molecule has 0 amide bonds. The molecular formula is C33H78O2. The number of aryl methyl sites for hydroxylation is 1. The predicted molar refractivity (Wildman–Crippen MR) is 176 cm³/mol. The zero-order valence-corrected chi connectivity index (χ0v) is 15.0. The van der Waals surface area contributed by atoms with Gasteiger partial charge in [-0.3, -0.25) is 0 Å². The van der Waals surface area contributed by atoms with Crippen LogP contribution in [0.2, 0.25) is 0 Å². The number of hydrogen-bond acceptors (Lipinski definition) is 2. The minimum atomic E-state index is -0.177. The Morgan fingerprint density at radius 2 is 1.37 bits per heavy atom. The van der Waals surface area contributed by atoms with Gasteiger partial charge in [0, 0.05) is 17.4 Å². The van der Waals surface area contributed by atoms with Crippen LogP contribution in [0.3, 0.4) is 0 Å². The maximum atomic E-state index is 10.7. The van der Waals surface area contributed by atoms with Crippen LogP contribution < -0.4 is 4.74 Å². The summed E-state index contributed by atoms with van der Waals surface area (Å²) in [6.45, 7) is 8.81. The third-order valence-corrected chi connectivity index (χ3v) is 5.60. The van der Waals surface area contributed by atoms with Gasteiger partial charge in [-0.15, -0.1) is 0 Å². The lowest BCUT2D eigenvalue weighted by molar-refractivity contribution is 0.0107. The first kappa shape index (κ1) is 64.1. The SMILES string of the molecule is C.C.C.C.C.C.C.C.C.C.C.C.CCCCCc1cc(O)c2c(c1)OC(C)(C)[C@@H]1CCC(C)=C[C@@H]21. The van der Waals surface area contributed by atoms with E-state index in [9.17, 15) is 5.11 Å². The maximum absolute atomic E-state index is 10.7. The van der Waals surface area contributed by atoms with Crippen molar-refractivity contribution in [2.75, 3.05) is 0 Å². The van der Waals surface area contributed by atoms with Crippen LogP contribution in [-0.4, -0.2) is 10.7 Å². The third kappa shape index (κ3) is 13.4. The molecule has 2 atom stereocenters. The molecule has 0 saturated carbocycles. The first-order valence-electron chi connectivity index (χ1n) is 9.14. The van der Waals surface area contributed by atoms with Crippen LogP contribution in [0.1, 0.15) is 166 Å². The van der Waals surface area contributed by atoms with E-state index >= 15 is 0 Å². The van der Waals surface area contributed by atoms with Crippen molar-refractivity contribution in [2.45, 2.75) is 167 Å². The number of aromatic hydroxyl groups is 1. The van der Waals surface area contributed by atoms with Crippen molar-refractivity contribution in [3.8, 4) is 11.5 Å². The molecule has 2 aliphatic rings. The fourth-order valence-electron chi connectivity index (χ4n) is 4.30. The van der Waals surface area contributed by atoms with Gasteiger partial charge in [0.1, 0.15) is 17.1 Å². The highest BCUT2D eigenvalue weighted by molar-refractivity contribution is 5.53. The van der Waals surface area contributed by atoms with Crippen molar-refractivity contribution in [1.82, 2.24) is 0 Å². The van der Waals surface area contributed by atoms with Crippen LogP contribution in [0.4, 0.5) is 0 Å². The molecule has 1 aromatic carbocycles. The molecule has 222 valence electrons. The van der Waals surface area contributed by atoms with E-state index < -0.39 is 0 Å². The lowest BCUT2D eigenvalue weighted by atomic mass is 9.68. The molecule has 1 aliphatic heterocycles. The summed E-state index contributed by atoms with van der Waals surface area (Å²) in [5.41, 5.74) is 3.46. The quantitative estimate of drug-likeness (QED) is 0.325. The number of ether oxygens (including phenoxy) is 1. The molecule has 1 aromatic rings. The second-order valence-corrected chi connectivity index (χ2v) is 7.87. The maximum Gasteiger partial charge on any atom is 0.127 e. The van der Waals surface area contributed by atoms with Crippen LogP contribution in [0, 0.1) is 5.92 Å². The monoisotopic (exact) mass is 507 g/mol. The second kappa shape index (κ2) is 25.6. The van der Waals surface area contributed by atoms with E-state index in [0.29, 0.717) is 11.7 Å². The highest BCUT2D eigenvalue weighted by Crippen LogP contribution is 2.53. The summed E-state index contributed by atoms with van der Waals surface area (Å²) in [6, 6.07) is 4.13. The van der Waals surface area contributed by atoms with Gasteiger partial charge < -0.3 is 9.84 Å². The predicted octanol–water partition coefficient (Wildman–Crippen LogP) is 13.4. The van der Waals surface area contributed by atoms with Gasteiger partial charge in [0.25, 0.3) is 0 Å². The molecule has 0 saturated heterocycles. The Morgan fingerprint density at radius 1 is 0.857 bits per heavy atom. The highest BCUT2D eigenvalue weighted by Gasteiger charge is 2.45. The lowest BCUT2D eigenvalue weighted by Gasteiger charge is -2.46. The van der Waals surface area contributed by atoms with E-state index in [0.717, 1.165) is 30.6 Å². The van der Waals surface area contributed by atoms with Crippen molar-refractivity contribution < 1.29 is 9.84 Å². The molecule has 35 heavy (non-hydrogen) atoms. The summed E-state index contributed by atoms with van der Waals surface area (Å²) in [5.74, 6) is 2.04. The molecule has 3 rings (SSSR count). The number of allylic oxidation sites excluding steroid dienone is 2. The zero-order chi connectivity index (χ0) is 16.6. The summed E-state index contributed by atoms with van der Waals surface area (Å²) >= 11 is 0. The number of phenolic OH excluding ortho intramolecular Hbond substituents is 1. The largest absolute Gasteiger partial charge is 0.507 e. The van der Waals surface area contributed by atoms with Gasteiger partial charge >= 0.3 is 0 Å². The van der Waals surface area contributed by atoms with Gasteiger partial charge in [0.2, 0.25) is 0 Å². The van der Waals surface area contributed by atoms with E-state index in [-0.39, 0.29) is 101 Å². The molecule has 0 bridgehead atoms. The molecule has 0 aromatic heterocycles. The van der Waals surface area contributed by atoms with Gasteiger partial charge in [-0.05, 0) is 64.2 Å². The van der Waals surface area contributed by atoms with Crippen molar-refractivity contribution in [3.05, 3.63) is 34.9 Å². The Balaban J connectivity index is -0.0000000651. The minimum Gasteiger partial charge on any atom is -0.507 e. The van der Waals surface area contributed by atoms with Crippen molar-refractivity contribution in [3.63, 3.8) is 0 Å². The molecule has 0 unspecified atom stereocenters.